The summed E-state index contributed by atoms with van der Waals surface area (Å²) in [5, 5.41) is 0. The highest BCUT2D eigenvalue weighted by Crippen LogP contribution is 2.35. The van der Waals surface area contributed by atoms with Crippen molar-refractivity contribution in [1.29, 1.82) is 0 Å². The van der Waals surface area contributed by atoms with Crippen LogP contribution in [0.25, 0.3) is 0 Å². The number of ether oxygens (including phenoxy) is 1. The van der Waals surface area contributed by atoms with Crippen LogP contribution < -0.4 is 4.74 Å². The molecule has 0 fully saturated rings. The van der Waals surface area contributed by atoms with E-state index < -0.39 is 17.4 Å². The number of rotatable bonds is 3. The van der Waals surface area contributed by atoms with Gasteiger partial charge in [0.05, 0.1) is 11.1 Å². The Hall–Kier alpha value is -3.27. The number of carbonyl (C=O) groups is 2. The zero-order valence-electron chi connectivity index (χ0n) is 13.2. The van der Waals surface area contributed by atoms with Crippen molar-refractivity contribution in [2.75, 3.05) is 0 Å². The van der Waals surface area contributed by atoms with Crippen LogP contribution in [-0.4, -0.2) is 11.6 Å². The lowest BCUT2D eigenvalue weighted by molar-refractivity contribution is 0.0971. The molecule has 122 valence electrons. The maximum absolute atomic E-state index is 14.3. The second kappa shape index (κ2) is 5.98. The molecule has 25 heavy (non-hydrogen) atoms. The van der Waals surface area contributed by atoms with Gasteiger partial charge in [0.1, 0.15) is 18.2 Å². The van der Waals surface area contributed by atoms with Crippen LogP contribution in [0.2, 0.25) is 0 Å². The smallest absolute Gasteiger partial charge is 0.198 e. The Labute approximate surface area is 143 Å². The number of benzene rings is 3. The van der Waals surface area contributed by atoms with Gasteiger partial charge < -0.3 is 4.74 Å². The van der Waals surface area contributed by atoms with E-state index in [0.29, 0.717) is 0 Å². The molecular formula is C21H13FO3. The molecular weight excluding hydrogens is 319 g/mol. The van der Waals surface area contributed by atoms with E-state index >= 15 is 0 Å². The lowest BCUT2D eigenvalue weighted by Crippen LogP contribution is -2.23. The molecule has 3 nitrogen and oxygen atoms in total. The van der Waals surface area contributed by atoms with Crippen molar-refractivity contribution < 1.29 is 18.7 Å². The van der Waals surface area contributed by atoms with Crippen LogP contribution in [0.1, 0.15) is 37.4 Å². The first-order valence-electron chi connectivity index (χ1n) is 7.84. The zero-order chi connectivity index (χ0) is 17.4. The fourth-order valence-corrected chi connectivity index (χ4v) is 3.01. The van der Waals surface area contributed by atoms with Gasteiger partial charge in [0.2, 0.25) is 0 Å². The molecule has 4 rings (SSSR count). The SMILES string of the molecule is O=C1c2ccccc2C(=O)c2c(OCc3ccccc3)ccc(F)c21. The summed E-state index contributed by atoms with van der Waals surface area (Å²) >= 11 is 0. The first kappa shape index (κ1) is 15.3. The average Bonchev–Trinajstić information content (AvgIpc) is 2.66. The van der Waals surface area contributed by atoms with Crippen LogP contribution >= 0.6 is 0 Å². The molecule has 0 heterocycles. The monoisotopic (exact) mass is 332 g/mol. The van der Waals surface area contributed by atoms with Crippen LogP contribution in [0.4, 0.5) is 4.39 Å². The summed E-state index contributed by atoms with van der Waals surface area (Å²) in [4.78, 5) is 25.5. The van der Waals surface area contributed by atoms with Crippen LogP contribution in [0.3, 0.4) is 0 Å². The lowest BCUT2D eigenvalue weighted by atomic mass is 9.83. The number of ketones is 2. The molecule has 0 aromatic heterocycles. The van der Waals surface area contributed by atoms with Gasteiger partial charge in [0.15, 0.2) is 11.6 Å². The number of carbonyl (C=O) groups excluding carboxylic acids is 2. The second-order valence-electron chi connectivity index (χ2n) is 5.77. The largest absolute Gasteiger partial charge is 0.488 e. The molecule has 0 saturated carbocycles. The maximum Gasteiger partial charge on any atom is 0.198 e. The molecule has 0 atom stereocenters. The summed E-state index contributed by atoms with van der Waals surface area (Å²) in [5.41, 5.74) is 1.19. The van der Waals surface area contributed by atoms with Crippen molar-refractivity contribution in [2.24, 2.45) is 0 Å². The highest BCUT2D eigenvalue weighted by atomic mass is 19.1. The third kappa shape index (κ3) is 2.52. The van der Waals surface area contributed by atoms with E-state index in [2.05, 4.69) is 0 Å². The van der Waals surface area contributed by atoms with Gasteiger partial charge in [-0.15, -0.1) is 0 Å². The average molecular weight is 332 g/mol. The van der Waals surface area contributed by atoms with Crippen molar-refractivity contribution in [3.8, 4) is 5.75 Å². The van der Waals surface area contributed by atoms with Gasteiger partial charge in [-0.3, -0.25) is 9.59 Å². The summed E-state index contributed by atoms with van der Waals surface area (Å²) in [5.74, 6) is -1.39. The second-order valence-corrected chi connectivity index (χ2v) is 5.77. The summed E-state index contributed by atoms with van der Waals surface area (Å²) < 4.78 is 20.0. The van der Waals surface area contributed by atoms with E-state index in [1.807, 2.05) is 30.3 Å². The number of halogens is 1. The Kier molecular flexibility index (Phi) is 3.65. The van der Waals surface area contributed by atoms with Crippen molar-refractivity contribution in [3.63, 3.8) is 0 Å². The summed E-state index contributed by atoms with van der Waals surface area (Å²) in [7, 11) is 0. The van der Waals surface area contributed by atoms with Gasteiger partial charge >= 0.3 is 0 Å². The third-order valence-electron chi connectivity index (χ3n) is 4.22. The van der Waals surface area contributed by atoms with E-state index in [0.717, 1.165) is 11.6 Å². The van der Waals surface area contributed by atoms with E-state index in [4.69, 9.17) is 4.74 Å². The third-order valence-corrected chi connectivity index (χ3v) is 4.22. The summed E-state index contributed by atoms with van der Waals surface area (Å²) in [6, 6.07) is 18.4. The fourth-order valence-electron chi connectivity index (χ4n) is 3.01. The Morgan fingerprint density at radius 3 is 2.00 bits per heavy atom. The van der Waals surface area contributed by atoms with Gasteiger partial charge in [-0.1, -0.05) is 54.6 Å². The van der Waals surface area contributed by atoms with E-state index in [9.17, 15) is 14.0 Å². The zero-order valence-corrected chi connectivity index (χ0v) is 13.2. The van der Waals surface area contributed by atoms with E-state index in [-0.39, 0.29) is 34.6 Å². The minimum atomic E-state index is -0.713. The Morgan fingerprint density at radius 2 is 1.32 bits per heavy atom. The predicted molar refractivity (Wildman–Crippen MR) is 90.5 cm³/mol. The fraction of sp³-hybridized carbons (Fsp3) is 0.0476. The van der Waals surface area contributed by atoms with Gasteiger partial charge in [0.25, 0.3) is 0 Å². The quantitative estimate of drug-likeness (QED) is 0.565. The molecule has 0 amide bonds. The summed E-state index contributed by atoms with van der Waals surface area (Å²) in [6.07, 6.45) is 0. The molecule has 3 aromatic rings. The molecule has 0 saturated heterocycles. The molecule has 0 spiro atoms. The normalized spacial score (nSPS) is 12.5. The minimum absolute atomic E-state index is 0.000342. The Bertz CT molecular complexity index is 993. The minimum Gasteiger partial charge on any atom is -0.488 e. The van der Waals surface area contributed by atoms with Crippen molar-refractivity contribution in [2.45, 2.75) is 6.61 Å². The molecule has 0 bridgehead atoms. The van der Waals surface area contributed by atoms with Crippen molar-refractivity contribution in [3.05, 3.63) is 100 Å². The molecule has 0 N–H and O–H groups in total. The lowest BCUT2D eigenvalue weighted by Gasteiger charge is -2.20. The molecule has 1 aliphatic carbocycles. The van der Waals surface area contributed by atoms with Gasteiger partial charge in [-0.25, -0.2) is 4.39 Å². The van der Waals surface area contributed by atoms with E-state index in [1.165, 1.54) is 12.1 Å². The molecule has 0 radical (unpaired) electrons. The number of hydrogen-bond donors (Lipinski definition) is 0. The van der Waals surface area contributed by atoms with Crippen LogP contribution in [0, 0.1) is 5.82 Å². The molecule has 0 aliphatic heterocycles. The van der Waals surface area contributed by atoms with Gasteiger partial charge in [-0.2, -0.15) is 0 Å². The molecule has 4 heteroatoms. The first-order valence-corrected chi connectivity index (χ1v) is 7.84. The highest BCUT2D eigenvalue weighted by molar-refractivity contribution is 6.29. The molecule has 1 aliphatic rings. The summed E-state index contributed by atoms with van der Waals surface area (Å²) in [6.45, 7) is 0.224. The van der Waals surface area contributed by atoms with Gasteiger partial charge in [-0.05, 0) is 17.7 Å². The first-order chi connectivity index (χ1) is 12.2. The molecule has 3 aromatic carbocycles. The number of hydrogen-bond acceptors (Lipinski definition) is 3. The number of fused-ring (bicyclic) bond motifs is 2. The van der Waals surface area contributed by atoms with Crippen molar-refractivity contribution >= 4 is 11.6 Å². The van der Waals surface area contributed by atoms with Crippen LogP contribution in [0.5, 0.6) is 5.75 Å². The predicted octanol–water partition coefficient (Wildman–Crippen LogP) is 4.18. The Morgan fingerprint density at radius 1 is 0.720 bits per heavy atom. The highest BCUT2D eigenvalue weighted by Gasteiger charge is 2.34. The standard InChI is InChI=1S/C21H13FO3/c22-16-10-11-17(25-12-13-6-2-1-3-7-13)19-18(16)20(23)14-8-4-5-9-15(14)21(19)24/h1-11H,12H2. The van der Waals surface area contributed by atoms with Crippen LogP contribution in [-0.2, 0) is 6.61 Å². The maximum atomic E-state index is 14.3. The molecule has 0 unspecified atom stereocenters. The van der Waals surface area contributed by atoms with E-state index in [1.54, 1.807) is 18.2 Å². The topological polar surface area (TPSA) is 43.4 Å². The Balaban J connectivity index is 1.79. The van der Waals surface area contributed by atoms with Gasteiger partial charge in [0, 0.05) is 11.1 Å². The van der Waals surface area contributed by atoms with Crippen LogP contribution in [0.15, 0.2) is 66.7 Å². The van der Waals surface area contributed by atoms with Crippen molar-refractivity contribution in [1.82, 2.24) is 0 Å².